The van der Waals surface area contributed by atoms with Crippen LogP contribution in [0.25, 0.3) is 11.3 Å². The van der Waals surface area contributed by atoms with Crippen molar-refractivity contribution in [3.8, 4) is 11.3 Å². The zero-order valence-corrected chi connectivity index (χ0v) is 15.7. The maximum Gasteiger partial charge on any atom is 0.277 e. The molecule has 2 heterocycles. The zero-order valence-electron chi connectivity index (χ0n) is 15.7. The van der Waals surface area contributed by atoms with E-state index in [-0.39, 0.29) is 11.6 Å². The van der Waals surface area contributed by atoms with Gasteiger partial charge in [-0.05, 0) is 25.0 Å². The topological polar surface area (TPSA) is 73.0 Å². The van der Waals surface area contributed by atoms with Gasteiger partial charge in [0.25, 0.3) is 5.91 Å². The van der Waals surface area contributed by atoms with E-state index in [1.165, 1.54) is 11.1 Å². The predicted octanol–water partition coefficient (Wildman–Crippen LogP) is 4.46. The number of anilines is 1. The SMILES string of the molecule is Cc1ccc(-c2cc(C(=O)Nc3cnn(Cc4ccccc4C)c3)no2)cc1. The molecule has 0 unspecified atom stereocenters. The second kappa shape index (κ2) is 7.52. The van der Waals surface area contributed by atoms with Crippen molar-refractivity contribution in [2.75, 3.05) is 5.32 Å². The fourth-order valence-corrected chi connectivity index (χ4v) is 2.91. The number of carbonyl (C=O) groups excluding carboxylic acids is 1. The average Bonchev–Trinajstić information content (AvgIpc) is 3.34. The molecular formula is C22H20N4O2. The third-order valence-electron chi connectivity index (χ3n) is 4.56. The number of rotatable bonds is 5. The number of nitrogens with zero attached hydrogens (tertiary/aromatic N) is 3. The number of nitrogens with one attached hydrogen (secondary N) is 1. The Bertz CT molecular complexity index is 1110. The van der Waals surface area contributed by atoms with Crippen molar-refractivity contribution in [1.82, 2.24) is 14.9 Å². The molecule has 0 atom stereocenters. The van der Waals surface area contributed by atoms with Gasteiger partial charge in [0.2, 0.25) is 0 Å². The molecule has 6 heteroatoms. The third-order valence-corrected chi connectivity index (χ3v) is 4.56. The number of carbonyl (C=O) groups is 1. The van der Waals surface area contributed by atoms with Crippen LogP contribution < -0.4 is 5.32 Å². The molecule has 1 N–H and O–H groups in total. The van der Waals surface area contributed by atoms with E-state index in [4.69, 9.17) is 4.52 Å². The van der Waals surface area contributed by atoms with Gasteiger partial charge in [-0.15, -0.1) is 0 Å². The van der Waals surface area contributed by atoms with Gasteiger partial charge >= 0.3 is 0 Å². The van der Waals surface area contributed by atoms with Crippen LogP contribution in [0.2, 0.25) is 0 Å². The number of benzene rings is 2. The lowest BCUT2D eigenvalue weighted by molar-refractivity contribution is 0.101. The Labute approximate surface area is 162 Å². The van der Waals surface area contributed by atoms with Crippen LogP contribution >= 0.6 is 0 Å². The molecule has 0 saturated carbocycles. The second-order valence-electron chi connectivity index (χ2n) is 6.75. The summed E-state index contributed by atoms with van der Waals surface area (Å²) in [4.78, 5) is 12.5. The fraction of sp³-hybridized carbons (Fsp3) is 0.136. The highest BCUT2D eigenvalue weighted by Gasteiger charge is 2.15. The number of hydrogen-bond donors (Lipinski definition) is 1. The van der Waals surface area contributed by atoms with Crippen LogP contribution in [0.4, 0.5) is 5.69 Å². The number of aromatic nitrogens is 3. The van der Waals surface area contributed by atoms with Crippen LogP contribution in [0.1, 0.15) is 27.2 Å². The summed E-state index contributed by atoms with van der Waals surface area (Å²) >= 11 is 0. The Balaban J connectivity index is 1.44. The summed E-state index contributed by atoms with van der Waals surface area (Å²) in [6.07, 6.45) is 3.42. The standard InChI is InChI=1S/C22H20N4O2/c1-15-7-9-17(10-8-15)21-11-20(25-28-21)22(27)24-19-12-23-26(14-19)13-18-6-4-3-5-16(18)2/h3-12,14H,13H2,1-2H3,(H,24,27). The maximum absolute atomic E-state index is 12.5. The van der Waals surface area contributed by atoms with E-state index in [1.54, 1.807) is 23.1 Å². The highest BCUT2D eigenvalue weighted by atomic mass is 16.5. The molecule has 4 rings (SSSR count). The highest BCUT2D eigenvalue weighted by Crippen LogP contribution is 2.21. The predicted molar refractivity (Wildman–Crippen MR) is 107 cm³/mol. The summed E-state index contributed by atoms with van der Waals surface area (Å²) in [6.45, 7) is 4.73. The van der Waals surface area contributed by atoms with Gasteiger partial charge in [0.1, 0.15) is 0 Å². The molecular weight excluding hydrogens is 352 g/mol. The van der Waals surface area contributed by atoms with Crippen LogP contribution in [0.15, 0.2) is 71.5 Å². The summed E-state index contributed by atoms with van der Waals surface area (Å²) in [5.41, 5.74) is 5.25. The molecule has 0 aliphatic heterocycles. The summed E-state index contributed by atoms with van der Waals surface area (Å²) in [7, 11) is 0. The van der Waals surface area contributed by atoms with E-state index >= 15 is 0 Å². The normalized spacial score (nSPS) is 10.8. The lowest BCUT2D eigenvalue weighted by Crippen LogP contribution is -2.11. The molecule has 2 aromatic carbocycles. The Morgan fingerprint density at radius 2 is 1.89 bits per heavy atom. The minimum absolute atomic E-state index is 0.224. The first-order valence-electron chi connectivity index (χ1n) is 9.00. The second-order valence-corrected chi connectivity index (χ2v) is 6.75. The first-order chi connectivity index (χ1) is 13.6. The van der Waals surface area contributed by atoms with Gasteiger partial charge in [-0.25, -0.2) is 0 Å². The van der Waals surface area contributed by atoms with Gasteiger partial charge in [0.05, 0.1) is 18.4 Å². The number of hydrogen-bond acceptors (Lipinski definition) is 4. The van der Waals surface area contributed by atoms with Crippen molar-refractivity contribution in [2.45, 2.75) is 20.4 Å². The van der Waals surface area contributed by atoms with E-state index in [1.807, 2.05) is 43.3 Å². The molecule has 0 bridgehead atoms. The lowest BCUT2D eigenvalue weighted by atomic mass is 10.1. The molecule has 0 radical (unpaired) electrons. The third kappa shape index (κ3) is 3.86. The first kappa shape index (κ1) is 17.7. The zero-order chi connectivity index (χ0) is 19.5. The van der Waals surface area contributed by atoms with Crippen molar-refractivity contribution < 1.29 is 9.32 Å². The molecule has 28 heavy (non-hydrogen) atoms. The number of aryl methyl sites for hydroxylation is 2. The van der Waals surface area contributed by atoms with Gasteiger partial charge in [-0.3, -0.25) is 9.48 Å². The van der Waals surface area contributed by atoms with Crippen molar-refractivity contribution in [1.29, 1.82) is 0 Å². The van der Waals surface area contributed by atoms with E-state index in [0.29, 0.717) is 18.0 Å². The summed E-state index contributed by atoms with van der Waals surface area (Å²) in [5.74, 6) is 0.220. The molecule has 2 aromatic heterocycles. The first-order valence-corrected chi connectivity index (χ1v) is 9.00. The van der Waals surface area contributed by atoms with Crippen LogP contribution in [0.5, 0.6) is 0 Å². The summed E-state index contributed by atoms with van der Waals surface area (Å²) < 4.78 is 7.11. The van der Waals surface area contributed by atoms with E-state index < -0.39 is 0 Å². The van der Waals surface area contributed by atoms with Gasteiger partial charge in [0.15, 0.2) is 11.5 Å². The highest BCUT2D eigenvalue weighted by molar-refractivity contribution is 6.03. The lowest BCUT2D eigenvalue weighted by Gasteiger charge is -2.05. The van der Waals surface area contributed by atoms with Crippen LogP contribution in [-0.4, -0.2) is 20.8 Å². The molecule has 6 nitrogen and oxygen atoms in total. The minimum atomic E-state index is -0.336. The summed E-state index contributed by atoms with van der Waals surface area (Å²) in [6, 6.07) is 17.6. The molecule has 0 aliphatic carbocycles. The van der Waals surface area contributed by atoms with E-state index in [2.05, 4.69) is 34.6 Å². The van der Waals surface area contributed by atoms with Crippen LogP contribution in [-0.2, 0) is 6.54 Å². The Kier molecular flexibility index (Phi) is 4.76. The Hall–Kier alpha value is -3.67. The quantitative estimate of drug-likeness (QED) is 0.561. The smallest absolute Gasteiger partial charge is 0.277 e. The van der Waals surface area contributed by atoms with Crippen LogP contribution in [0, 0.1) is 13.8 Å². The minimum Gasteiger partial charge on any atom is -0.355 e. The molecule has 140 valence electrons. The molecule has 0 fully saturated rings. The summed E-state index contributed by atoms with van der Waals surface area (Å²) in [5, 5.41) is 11.0. The monoisotopic (exact) mass is 372 g/mol. The van der Waals surface area contributed by atoms with Gasteiger partial charge in [-0.2, -0.15) is 5.10 Å². The molecule has 4 aromatic rings. The molecule has 0 spiro atoms. The molecule has 1 amide bonds. The maximum atomic E-state index is 12.5. The Morgan fingerprint density at radius 1 is 1.11 bits per heavy atom. The van der Waals surface area contributed by atoms with Crippen molar-refractivity contribution in [3.05, 3.63) is 89.4 Å². The fourth-order valence-electron chi connectivity index (χ4n) is 2.91. The van der Waals surface area contributed by atoms with E-state index in [0.717, 1.165) is 11.1 Å². The molecule has 0 saturated heterocycles. The van der Waals surface area contributed by atoms with E-state index in [9.17, 15) is 4.79 Å². The van der Waals surface area contributed by atoms with Gasteiger partial charge in [-0.1, -0.05) is 59.3 Å². The van der Waals surface area contributed by atoms with Crippen LogP contribution in [0.3, 0.4) is 0 Å². The number of amides is 1. The molecule has 0 aliphatic rings. The van der Waals surface area contributed by atoms with Crippen molar-refractivity contribution in [3.63, 3.8) is 0 Å². The van der Waals surface area contributed by atoms with Gasteiger partial charge in [0, 0.05) is 17.8 Å². The Morgan fingerprint density at radius 3 is 2.68 bits per heavy atom. The largest absolute Gasteiger partial charge is 0.355 e. The van der Waals surface area contributed by atoms with Crippen molar-refractivity contribution in [2.24, 2.45) is 0 Å². The van der Waals surface area contributed by atoms with Crippen molar-refractivity contribution >= 4 is 11.6 Å². The average molecular weight is 372 g/mol. The van der Waals surface area contributed by atoms with Gasteiger partial charge < -0.3 is 9.84 Å².